The van der Waals surface area contributed by atoms with Crippen molar-refractivity contribution < 1.29 is 9.72 Å². The Morgan fingerprint density at radius 3 is 2.71 bits per heavy atom. The van der Waals surface area contributed by atoms with Crippen molar-refractivity contribution in [3.8, 4) is 0 Å². The number of carbonyl (C=O) groups excluding carboxylic acids is 1. The van der Waals surface area contributed by atoms with Gasteiger partial charge in [-0.1, -0.05) is 27.3 Å². The second-order valence-electron chi connectivity index (χ2n) is 4.80. The van der Waals surface area contributed by atoms with E-state index in [1.807, 2.05) is 18.2 Å². The van der Waals surface area contributed by atoms with E-state index >= 15 is 0 Å². The fourth-order valence-corrected chi connectivity index (χ4v) is 3.40. The van der Waals surface area contributed by atoms with Crippen molar-refractivity contribution in [2.24, 2.45) is 0 Å². The molecule has 6 nitrogen and oxygen atoms in total. The molecule has 0 unspecified atom stereocenters. The molecule has 0 radical (unpaired) electrons. The predicted molar refractivity (Wildman–Crippen MR) is 98.1 cm³/mol. The SMILES string of the molecule is O=C(/C=C/c1ccc([N+](=O)[O-])cc1)Nc1nc2ccc(Br)cc2s1. The van der Waals surface area contributed by atoms with Crippen LogP contribution in [0.5, 0.6) is 0 Å². The number of halogens is 1. The molecule has 1 heterocycles. The van der Waals surface area contributed by atoms with Crippen LogP contribution in [0.3, 0.4) is 0 Å². The van der Waals surface area contributed by atoms with Crippen molar-refractivity contribution in [3.05, 3.63) is 68.7 Å². The highest BCUT2D eigenvalue weighted by Gasteiger charge is 2.06. The first-order valence-corrected chi connectivity index (χ1v) is 8.42. The number of nitrogens with one attached hydrogen (secondary N) is 1. The molecular weight excluding hydrogens is 394 g/mol. The Balaban J connectivity index is 1.68. The lowest BCUT2D eigenvalue weighted by molar-refractivity contribution is -0.384. The summed E-state index contributed by atoms with van der Waals surface area (Å²) in [4.78, 5) is 26.4. The first-order chi connectivity index (χ1) is 11.5. The lowest BCUT2D eigenvalue weighted by atomic mass is 10.2. The number of nitrogens with zero attached hydrogens (tertiary/aromatic N) is 2. The number of thiazole rings is 1. The van der Waals surface area contributed by atoms with Crippen LogP contribution >= 0.6 is 27.3 Å². The van der Waals surface area contributed by atoms with E-state index in [1.165, 1.54) is 29.5 Å². The highest BCUT2D eigenvalue weighted by molar-refractivity contribution is 9.10. The fraction of sp³-hybridized carbons (Fsp3) is 0. The van der Waals surface area contributed by atoms with Crippen LogP contribution in [0.2, 0.25) is 0 Å². The van der Waals surface area contributed by atoms with Gasteiger partial charge in [-0.3, -0.25) is 20.2 Å². The van der Waals surface area contributed by atoms with E-state index in [0.29, 0.717) is 10.7 Å². The molecule has 3 aromatic rings. The summed E-state index contributed by atoms with van der Waals surface area (Å²) in [6, 6.07) is 11.6. The zero-order chi connectivity index (χ0) is 17.1. The van der Waals surface area contributed by atoms with Gasteiger partial charge in [0.05, 0.1) is 15.1 Å². The number of nitro benzene ring substituents is 1. The van der Waals surface area contributed by atoms with Gasteiger partial charge in [-0.05, 0) is 42.0 Å². The summed E-state index contributed by atoms with van der Waals surface area (Å²) in [6.45, 7) is 0. The van der Waals surface area contributed by atoms with Gasteiger partial charge in [0.1, 0.15) is 0 Å². The van der Waals surface area contributed by atoms with Crippen molar-refractivity contribution in [2.75, 3.05) is 5.32 Å². The minimum atomic E-state index is -0.467. The third-order valence-corrected chi connectivity index (χ3v) is 4.54. The molecule has 0 aliphatic carbocycles. The first kappa shape index (κ1) is 16.3. The Kier molecular flexibility index (Phi) is 4.68. The van der Waals surface area contributed by atoms with Gasteiger partial charge in [0.2, 0.25) is 5.91 Å². The molecule has 3 rings (SSSR count). The van der Waals surface area contributed by atoms with Gasteiger partial charge in [-0.15, -0.1) is 0 Å². The normalized spacial score (nSPS) is 11.0. The highest BCUT2D eigenvalue weighted by Crippen LogP contribution is 2.28. The number of anilines is 1. The minimum absolute atomic E-state index is 0.0113. The van der Waals surface area contributed by atoms with E-state index in [4.69, 9.17) is 0 Å². The third-order valence-electron chi connectivity index (χ3n) is 3.11. The van der Waals surface area contributed by atoms with E-state index in [0.717, 1.165) is 14.7 Å². The van der Waals surface area contributed by atoms with Gasteiger partial charge in [-0.2, -0.15) is 0 Å². The number of rotatable bonds is 4. The maximum absolute atomic E-state index is 12.0. The maximum atomic E-state index is 12.0. The molecule has 0 aliphatic heterocycles. The number of amides is 1. The van der Waals surface area contributed by atoms with Crippen LogP contribution in [0.25, 0.3) is 16.3 Å². The van der Waals surface area contributed by atoms with E-state index in [9.17, 15) is 14.9 Å². The smallest absolute Gasteiger partial charge is 0.269 e. The summed E-state index contributed by atoms with van der Waals surface area (Å²) < 4.78 is 1.92. The molecule has 0 spiro atoms. The molecule has 8 heteroatoms. The van der Waals surface area contributed by atoms with Gasteiger partial charge in [0.15, 0.2) is 5.13 Å². The van der Waals surface area contributed by atoms with Crippen molar-refractivity contribution in [3.63, 3.8) is 0 Å². The molecule has 2 aromatic carbocycles. The topological polar surface area (TPSA) is 85.1 Å². The van der Waals surface area contributed by atoms with Crippen molar-refractivity contribution in [2.45, 2.75) is 0 Å². The first-order valence-electron chi connectivity index (χ1n) is 6.81. The number of nitro groups is 1. The van der Waals surface area contributed by atoms with Crippen LogP contribution < -0.4 is 5.32 Å². The number of fused-ring (bicyclic) bond motifs is 1. The van der Waals surface area contributed by atoms with Gasteiger partial charge in [0, 0.05) is 22.7 Å². The quantitative estimate of drug-likeness (QED) is 0.391. The van der Waals surface area contributed by atoms with E-state index in [2.05, 4.69) is 26.2 Å². The van der Waals surface area contributed by atoms with E-state index in [1.54, 1.807) is 18.2 Å². The lowest BCUT2D eigenvalue weighted by Crippen LogP contribution is -2.07. The number of carbonyl (C=O) groups is 1. The van der Waals surface area contributed by atoms with Crippen molar-refractivity contribution in [1.82, 2.24) is 4.98 Å². The summed E-state index contributed by atoms with van der Waals surface area (Å²) >= 11 is 4.78. The number of hydrogen-bond acceptors (Lipinski definition) is 5. The van der Waals surface area contributed by atoms with Crippen LogP contribution in [0.4, 0.5) is 10.8 Å². The van der Waals surface area contributed by atoms with Gasteiger partial charge in [0.25, 0.3) is 5.69 Å². The monoisotopic (exact) mass is 403 g/mol. The Bertz CT molecular complexity index is 951. The van der Waals surface area contributed by atoms with Crippen molar-refractivity contribution >= 4 is 60.3 Å². The average Bonchev–Trinajstić information content (AvgIpc) is 2.94. The van der Waals surface area contributed by atoms with Crippen LogP contribution in [0, 0.1) is 10.1 Å². The van der Waals surface area contributed by atoms with Crippen molar-refractivity contribution in [1.29, 1.82) is 0 Å². The molecule has 1 N–H and O–H groups in total. The molecule has 24 heavy (non-hydrogen) atoms. The van der Waals surface area contributed by atoms with Gasteiger partial charge < -0.3 is 0 Å². The zero-order valence-electron chi connectivity index (χ0n) is 12.1. The average molecular weight is 404 g/mol. The summed E-state index contributed by atoms with van der Waals surface area (Å²) in [5.74, 6) is -0.313. The standard InChI is InChI=1S/C16H10BrN3O3S/c17-11-4-7-13-14(9-11)24-16(18-13)19-15(21)8-3-10-1-5-12(6-2-10)20(22)23/h1-9H,(H,18,19,21)/b8-3+. The third kappa shape index (κ3) is 3.84. The van der Waals surface area contributed by atoms with Crippen LogP contribution in [0.1, 0.15) is 5.56 Å². The second-order valence-corrected chi connectivity index (χ2v) is 6.75. The second kappa shape index (κ2) is 6.90. The molecule has 0 atom stereocenters. The fourth-order valence-electron chi connectivity index (χ4n) is 1.98. The van der Waals surface area contributed by atoms with E-state index < -0.39 is 4.92 Å². The molecule has 0 fully saturated rings. The maximum Gasteiger partial charge on any atom is 0.269 e. The molecular formula is C16H10BrN3O3S. The molecule has 0 aliphatic rings. The molecule has 120 valence electrons. The summed E-state index contributed by atoms with van der Waals surface area (Å²) in [5.41, 5.74) is 1.53. The van der Waals surface area contributed by atoms with Crippen LogP contribution in [0.15, 0.2) is 53.0 Å². The number of aromatic nitrogens is 1. The molecule has 0 bridgehead atoms. The number of benzene rings is 2. The van der Waals surface area contributed by atoms with Crippen LogP contribution in [-0.4, -0.2) is 15.8 Å². The minimum Gasteiger partial charge on any atom is -0.298 e. The van der Waals surface area contributed by atoms with Gasteiger partial charge in [-0.25, -0.2) is 4.98 Å². The van der Waals surface area contributed by atoms with Crippen LogP contribution in [-0.2, 0) is 4.79 Å². The van der Waals surface area contributed by atoms with Gasteiger partial charge >= 0.3 is 0 Å². The Labute approximate surface area is 149 Å². The molecule has 1 aromatic heterocycles. The number of hydrogen-bond donors (Lipinski definition) is 1. The largest absolute Gasteiger partial charge is 0.298 e. The highest BCUT2D eigenvalue weighted by atomic mass is 79.9. The zero-order valence-corrected chi connectivity index (χ0v) is 14.5. The Morgan fingerprint density at radius 1 is 1.25 bits per heavy atom. The Morgan fingerprint density at radius 2 is 2.00 bits per heavy atom. The molecule has 0 saturated heterocycles. The molecule has 0 saturated carbocycles. The van der Waals surface area contributed by atoms with E-state index in [-0.39, 0.29) is 11.6 Å². The summed E-state index contributed by atoms with van der Waals surface area (Å²) in [5, 5.41) is 13.8. The molecule has 1 amide bonds. The summed E-state index contributed by atoms with van der Waals surface area (Å²) in [6.07, 6.45) is 2.95. The number of non-ortho nitro benzene ring substituents is 1. The summed E-state index contributed by atoms with van der Waals surface area (Å²) in [7, 11) is 0. The lowest BCUT2D eigenvalue weighted by Gasteiger charge is -1.96. The predicted octanol–water partition coefficient (Wildman–Crippen LogP) is 4.62. The Hall–Kier alpha value is -2.58.